The van der Waals surface area contributed by atoms with Gasteiger partial charge in [-0.2, -0.15) is 0 Å². The van der Waals surface area contributed by atoms with Crippen LogP contribution < -0.4 is 10.5 Å². The maximum atomic E-state index is 5.85. The molecule has 94 valence electrons. The van der Waals surface area contributed by atoms with Crippen LogP contribution in [0.15, 0.2) is 66.7 Å². The molecule has 2 N–H and O–H groups in total. The average Bonchev–Trinajstić information content (AvgIpc) is 2.48. The van der Waals surface area contributed by atoms with Crippen molar-refractivity contribution in [3.8, 4) is 11.5 Å². The van der Waals surface area contributed by atoms with Crippen molar-refractivity contribution in [2.75, 3.05) is 0 Å². The third-order valence-electron chi connectivity index (χ3n) is 3.12. The predicted octanol–water partition coefficient (Wildman–Crippen LogP) is 4.09. The van der Waals surface area contributed by atoms with Gasteiger partial charge in [-0.3, -0.25) is 0 Å². The highest BCUT2D eigenvalue weighted by Crippen LogP contribution is 2.25. The van der Waals surface area contributed by atoms with Gasteiger partial charge >= 0.3 is 0 Å². The lowest BCUT2D eigenvalue weighted by Crippen LogP contribution is -1.95. The van der Waals surface area contributed by atoms with Gasteiger partial charge in [0, 0.05) is 6.54 Å². The summed E-state index contributed by atoms with van der Waals surface area (Å²) in [5, 5.41) is 2.40. The molecule has 0 aliphatic carbocycles. The highest BCUT2D eigenvalue weighted by molar-refractivity contribution is 5.83. The molecule has 0 amide bonds. The number of hydrogen-bond donors (Lipinski definition) is 1. The van der Waals surface area contributed by atoms with Gasteiger partial charge < -0.3 is 10.5 Å². The van der Waals surface area contributed by atoms with E-state index in [0.29, 0.717) is 6.54 Å². The maximum Gasteiger partial charge on any atom is 0.128 e. The molecule has 2 heteroatoms. The van der Waals surface area contributed by atoms with Crippen LogP contribution in [-0.4, -0.2) is 0 Å². The van der Waals surface area contributed by atoms with Crippen LogP contribution in [0.1, 0.15) is 5.56 Å². The Hall–Kier alpha value is -2.32. The number of hydrogen-bond acceptors (Lipinski definition) is 2. The molecule has 0 heterocycles. The largest absolute Gasteiger partial charge is 0.457 e. The van der Waals surface area contributed by atoms with E-state index in [0.717, 1.165) is 17.1 Å². The van der Waals surface area contributed by atoms with Crippen molar-refractivity contribution in [2.24, 2.45) is 5.73 Å². The fourth-order valence-corrected chi connectivity index (χ4v) is 2.06. The summed E-state index contributed by atoms with van der Waals surface area (Å²) in [6.07, 6.45) is 0. The molecule has 3 rings (SSSR count). The van der Waals surface area contributed by atoms with E-state index in [1.165, 1.54) is 10.8 Å². The van der Waals surface area contributed by atoms with Crippen LogP contribution in [0, 0.1) is 0 Å². The van der Waals surface area contributed by atoms with E-state index in [-0.39, 0.29) is 0 Å². The van der Waals surface area contributed by atoms with Crippen LogP contribution in [0.3, 0.4) is 0 Å². The van der Waals surface area contributed by atoms with E-state index in [2.05, 4.69) is 18.2 Å². The Balaban J connectivity index is 1.87. The maximum absolute atomic E-state index is 5.85. The van der Waals surface area contributed by atoms with Crippen molar-refractivity contribution in [2.45, 2.75) is 6.54 Å². The number of benzene rings is 3. The molecule has 0 aliphatic heterocycles. The lowest BCUT2D eigenvalue weighted by Gasteiger charge is -2.07. The SMILES string of the molecule is NCc1ccc(Oc2ccc3ccccc3c2)cc1. The van der Waals surface area contributed by atoms with Crippen molar-refractivity contribution in [1.29, 1.82) is 0 Å². The molecular formula is C17H15NO. The Morgan fingerprint density at radius 2 is 1.42 bits per heavy atom. The van der Waals surface area contributed by atoms with Crippen LogP contribution in [0.2, 0.25) is 0 Å². The molecular weight excluding hydrogens is 234 g/mol. The summed E-state index contributed by atoms with van der Waals surface area (Å²) in [6.45, 7) is 0.552. The van der Waals surface area contributed by atoms with Crippen molar-refractivity contribution < 1.29 is 4.74 Å². The molecule has 0 spiro atoms. The lowest BCUT2D eigenvalue weighted by molar-refractivity contribution is 0.483. The van der Waals surface area contributed by atoms with Gasteiger partial charge in [-0.1, -0.05) is 42.5 Å². The molecule has 3 aromatic rings. The summed E-state index contributed by atoms with van der Waals surface area (Å²) in [7, 11) is 0. The second-order valence-corrected chi connectivity index (χ2v) is 4.46. The second kappa shape index (κ2) is 5.12. The molecule has 0 radical (unpaired) electrons. The van der Waals surface area contributed by atoms with E-state index >= 15 is 0 Å². The van der Waals surface area contributed by atoms with Crippen molar-refractivity contribution in [3.05, 3.63) is 72.3 Å². The van der Waals surface area contributed by atoms with Crippen LogP contribution in [-0.2, 0) is 6.54 Å². The van der Waals surface area contributed by atoms with Crippen molar-refractivity contribution in [1.82, 2.24) is 0 Å². The minimum atomic E-state index is 0.552. The van der Waals surface area contributed by atoms with Gasteiger partial charge in [0.1, 0.15) is 11.5 Å². The number of ether oxygens (including phenoxy) is 1. The number of nitrogens with two attached hydrogens (primary N) is 1. The van der Waals surface area contributed by atoms with Crippen LogP contribution >= 0.6 is 0 Å². The van der Waals surface area contributed by atoms with Crippen molar-refractivity contribution >= 4 is 10.8 Å². The highest BCUT2D eigenvalue weighted by Gasteiger charge is 1.99. The standard InChI is InChI=1S/C17H15NO/c18-12-13-5-8-16(9-6-13)19-17-10-7-14-3-1-2-4-15(14)11-17/h1-11H,12,18H2. The lowest BCUT2D eigenvalue weighted by atomic mass is 10.1. The Kier molecular flexibility index (Phi) is 3.17. The first-order chi connectivity index (χ1) is 9.35. The Bertz CT molecular complexity index is 689. The van der Waals surface area contributed by atoms with Crippen molar-refractivity contribution in [3.63, 3.8) is 0 Å². The smallest absolute Gasteiger partial charge is 0.128 e. The molecule has 0 aliphatic rings. The first kappa shape index (κ1) is 11.8. The third-order valence-corrected chi connectivity index (χ3v) is 3.12. The van der Waals surface area contributed by atoms with Gasteiger partial charge in [-0.05, 0) is 40.6 Å². The minimum absolute atomic E-state index is 0.552. The zero-order valence-electron chi connectivity index (χ0n) is 10.5. The summed E-state index contributed by atoms with van der Waals surface area (Å²) >= 11 is 0. The van der Waals surface area contributed by atoms with Gasteiger partial charge in [-0.25, -0.2) is 0 Å². The molecule has 0 saturated carbocycles. The Morgan fingerprint density at radius 3 is 2.16 bits per heavy atom. The van der Waals surface area contributed by atoms with E-state index in [4.69, 9.17) is 10.5 Å². The van der Waals surface area contributed by atoms with Crippen LogP contribution in [0.5, 0.6) is 11.5 Å². The fourth-order valence-electron chi connectivity index (χ4n) is 2.06. The molecule has 2 nitrogen and oxygen atoms in total. The van der Waals surface area contributed by atoms with E-state index < -0.39 is 0 Å². The third kappa shape index (κ3) is 2.59. The van der Waals surface area contributed by atoms with E-state index in [1.54, 1.807) is 0 Å². The van der Waals surface area contributed by atoms with Gasteiger partial charge in [0.2, 0.25) is 0 Å². The summed E-state index contributed by atoms with van der Waals surface area (Å²) in [6, 6.07) is 22.2. The molecule has 0 fully saturated rings. The monoisotopic (exact) mass is 249 g/mol. The van der Waals surface area contributed by atoms with Crippen LogP contribution in [0.4, 0.5) is 0 Å². The average molecular weight is 249 g/mol. The van der Waals surface area contributed by atoms with Gasteiger partial charge in [0.05, 0.1) is 0 Å². The quantitative estimate of drug-likeness (QED) is 0.758. The number of fused-ring (bicyclic) bond motifs is 1. The zero-order valence-corrected chi connectivity index (χ0v) is 10.5. The molecule has 0 saturated heterocycles. The van der Waals surface area contributed by atoms with Gasteiger partial charge in [0.25, 0.3) is 0 Å². The molecule has 3 aromatic carbocycles. The normalized spacial score (nSPS) is 10.6. The summed E-state index contributed by atoms with van der Waals surface area (Å²) in [5.74, 6) is 1.67. The summed E-state index contributed by atoms with van der Waals surface area (Å²) in [4.78, 5) is 0. The minimum Gasteiger partial charge on any atom is -0.457 e. The zero-order chi connectivity index (χ0) is 13.1. The fraction of sp³-hybridized carbons (Fsp3) is 0.0588. The highest BCUT2D eigenvalue weighted by atomic mass is 16.5. The molecule has 0 aromatic heterocycles. The molecule has 19 heavy (non-hydrogen) atoms. The Morgan fingerprint density at radius 1 is 0.737 bits per heavy atom. The van der Waals surface area contributed by atoms with Gasteiger partial charge in [-0.15, -0.1) is 0 Å². The summed E-state index contributed by atoms with van der Waals surface area (Å²) in [5.41, 5.74) is 6.68. The van der Waals surface area contributed by atoms with Gasteiger partial charge in [0.15, 0.2) is 0 Å². The topological polar surface area (TPSA) is 35.2 Å². The molecule has 0 atom stereocenters. The Labute approximate surface area is 112 Å². The molecule has 0 unspecified atom stereocenters. The first-order valence-electron chi connectivity index (χ1n) is 6.31. The first-order valence-corrected chi connectivity index (χ1v) is 6.31. The predicted molar refractivity (Wildman–Crippen MR) is 78.4 cm³/mol. The molecule has 0 bridgehead atoms. The van der Waals surface area contributed by atoms with E-state index in [1.807, 2.05) is 48.5 Å². The van der Waals surface area contributed by atoms with E-state index in [9.17, 15) is 0 Å². The number of rotatable bonds is 3. The summed E-state index contributed by atoms with van der Waals surface area (Å²) < 4.78 is 5.85. The second-order valence-electron chi connectivity index (χ2n) is 4.46. The van der Waals surface area contributed by atoms with Crippen LogP contribution in [0.25, 0.3) is 10.8 Å².